The molecule has 7 heteroatoms. The number of amides is 3. The molecule has 1 aromatic carbocycles. The Labute approximate surface area is 116 Å². The van der Waals surface area contributed by atoms with Gasteiger partial charge < -0.3 is 22.5 Å². The maximum atomic E-state index is 11.8. The summed E-state index contributed by atoms with van der Waals surface area (Å²) in [4.78, 5) is 34.2. The van der Waals surface area contributed by atoms with Gasteiger partial charge in [0.05, 0.1) is 6.04 Å². The number of carbonyl (C=O) groups is 3. The lowest BCUT2D eigenvalue weighted by molar-refractivity contribution is -0.118. The van der Waals surface area contributed by atoms with Crippen LogP contribution in [-0.2, 0) is 4.79 Å². The Hall–Kier alpha value is -2.41. The van der Waals surface area contributed by atoms with E-state index in [1.54, 1.807) is 13.8 Å². The summed E-state index contributed by atoms with van der Waals surface area (Å²) in [5.41, 5.74) is 16.4. The van der Waals surface area contributed by atoms with E-state index in [0.717, 1.165) is 0 Å². The van der Waals surface area contributed by atoms with Crippen molar-refractivity contribution < 1.29 is 14.4 Å². The Morgan fingerprint density at radius 1 is 1.00 bits per heavy atom. The molecule has 0 aliphatic carbocycles. The molecular weight excluding hydrogens is 260 g/mol. The summed E-state index contributed by atoms with van der Waals surface area (Å²) < 4.78 is 0. The van der Waals surface area contributed by atoms with Crippen LogP contribution >= 0.6 is 0 Å². The van der Waals surface area contributed by atoms with Gasteiger partial charge in [0.15, 0.2) is 0 Å². The van der Waals surface area contributed by atoms with E-state index in [9.17, 15) is 14.4 Å². The molecule has 3 amide bonds. The molecule has 0 saturated carbocycles. The molecule has 0 radical (unpaired) electrons. The van der Waals surface area contributed by atoms with Gasteiger partial charge in [-0.15, -0.1) is 0 Å². The predicted octanol–water partition coefficient (Wildman–Crippen LogP) is -0.194. The van der Waals surface area contributed by atoms with Crippen molar-refractivity contribution in [1.29, 1.82) is 0 Å². The van der Waals surface area contributed by atoms with Crippen molar-refractivity contribution in [1.82, 2.24) is 0 Å². The van der Waals surface area contributed by atoms with Gasteiger partial charge in [0.25, 0.3) is 0 Å². The Bertz CT molecular complexity index is 522. The van der Waals surface area contributed by atoms with Crippen LogP contribution in [0.15, 0.2) is 18.2 Å². The molecule has 1 rings (SSSR count). The van der Waals surface area contributed by atoms with E-state index >= 15 is 0 Å². The fraction of sp³-hybridized carbons (Fsp3) is 0.308. The zero-order chi connectivity index (χ0) is 15.4. The molecule has 0 unspecified atom stereocenters. The predicted molar refractivity (Wildman–Crippen MR) is 74.9 cm³/mol. The average Bonchev–Trinajstić information content (AvgIpc) is 2.36. The monoisotopic (exact) mass is 278 g/mol. The summed E-state index contributed by atoms with van der Waals surface area (Å²) in [7, 11) is 0. The number of rotatable bonds is 5. The minimum atomic E-state index is -0.725. The van der Waals surface area contributed by atoms with Gasteiger partial charge in [-0.25, -0.2) is 0 Å². The molecule has 7 N–H and O–H groups in total. The summed E-state index contributed by atoms with van der Waals surface area (Å²) in [5.74, 6) is -1.92. The maximum Gasteiger partial charge on any atom is 0.248 e. The summed E-state index contributed by atoms with van der Waals surface area (Å²) in [6.45, 7) is 3.61. The van der Waals surface area contributed by atoms with Crippen molar-refractivity contribution in [3.8, 4) is 0 Å². The van der Waals surface area contributed by atoms with E-state index in [-0.39, 0.29) is 22.7 Å². The molecule has 0 aromatic heterocycles. The number of anilines is 1. The average molecular weight is 278 g/mol. The van der Waals surface area contributed by atoms with Crippen LogP contribution in [0.4, 0.5) is 5.69 Å². The van der Waals surface area contributed by atoms with Crippen molar-refractivity contribution in [2.45, 2.75) is 19.9 Å². The maximum absolute atomic E-state index is 11.8. The van der Waals surface area contributed by atoms with Gasteiger partial charge in [0.2, 0.25) is 17.7 Å². The fourth-order valence-corrected chi connectivity index (χ4v) is 1.51. The third-order valence-electron chi connectivity index (χ3n) is 2.79. The van der Waals surface area contributed by atoms with Crippen molar-refractivity contribution in [2.24, 2.45) is 23.1 Å². The van der Waals surface area contributed by atoms with E-state index in [1.165, 1.54) is 18.2 Å². The highest BCUT2D eigenvalue weighted by atomic mass is 16.2. The normalized spacial score (nSPS) is 12.0. The number of benzene rings is 1. The minimum absolute atomic E-state index is 0.0510. The van der Waals surface area contributed by atoms with E-state index in [4.69, 9.17) is 17.2 Å². The first-order chi connectivity index (χ1) is 9.22. The molecule has 1 atom stereocenters. The van der Waals surface area contributed by atoms with Crippen molar-refractivity contribution in [3.05, 3.63) is 29.3 Å². The third-order valence-corrected chi connectivity index (χ3v) is 2.79. The van der Waals surface area contributed by atoms with Crippen LogP contribution < -0.4 is 22.5 Å². The van der Waals surface area contributed by atoms with Gasteiger partial charge in [-0.2, -0.15) is 0 Å². The smallest absolute Gasteiger partial charge is 0.248 e. The molecule has 108 valence electrons. The molecule has 0 fully saturated rings. The number of primary amides is 2. The highest BCUT2D eigenvalue weighted by Crippen LogP contribution is 2.15. The molecule has 0 spiro atoms. The number of hydrogen-bond acceptors (Lipinski definition) is 4. The van der Waals surface area contributed by atoms with Gasteiger partial charge in [-0.1, -0.05) is 13.8 Å². The molecule has 0 bridgehead atoms. The first-order valence-corrected chi connectivity index (χ1v) is 6.03. The van der Waals surface area contributed by atoms with Crippen LogP contribution in [0.2, 0.25) is 0 Å². The second-order valence-electron chi connectivity index (χ2n) is 4.79. The second kappa shape index (κ2) is 6.16. The lowest BCUT2D eigenvalue weighted by Gasteiger charge is -2.16. The summed E-state index contributed by atoms with van der Waals surface area (Å²) in [6.07, 6.45) is 0. The summed E-state index contributed by atoms with van der Waals surface area (Å²) in [5, 5.41) is 2.53. The molecular formula is C13H18N4O3. The van der Waals surface area contributed by atoms with Crippen LogP contribution in [-0.4, -0.2) is 23.8 Å². The van der Waals surface area contributed by atoms with E-state index in [1.807, 2.05) is 0 Å². The van der Waals surface area contributed by atoms with E-state index in [2.05, 4.69) is 5.32 Å². The van der Waals surface area contributed by atoms with Crippen LogP contribution in [0.25, 0.3) is 0 Å². The Morgan fingerprint density at radius 3 is 1.80 bits per heavy atom. The molecule has 20 heavy (non-hydrogen) atoms. The Morgan fingerprint density at radius 2 is 1.45 bits per heavy atom. The molecule has 7 nitrogen and oxygen atoms in total. The van der Waals surface area contributed by atoms with Crippen LogP contribution in [0, 0.1) is 5.92 Å². The van der Waals surface area contributed by atoms with Gasteiger partial charge in [0.1, 0.15) is 0 Å². The quantitative estimate of drug-likeness (QED) is 0.592. The lowest BCUT2D eigenvalue weighted by atomic mass is 10.0. The Balaban J connectivity index is 3.09. The van der Waals surface area contributed by atoms with E-state index in [0.29, 0.717) is 0 Å². The summed E-state index contributed by atoms with van der Waals surface area (Å²) in [6, 6.07) is 3.28. The SMILES string of the molecule is CC(C)[C@H](N)C(=O)Nc1cc(C(N)=O)cc(C(N)=O)c1. The standard InChI is InChI=1S/C13H18N4O3/c1-6(2)10(14)13(20)17-9-4-7(11(15)18)3-8(5-9)12(16)19/h3-6,10H,14H2,1-2H3,(H2,15,18)(H2,16,19)(H,17,20)/t10-/m0/s1. The third kappa shape index (κ3) is 3.79. The topological polar surface area (TPSA) is 141 Å². The fourth-order valence-electron chi connectivity index (χ4n) is 1.51. The van der Waals surface area contributed by atoms with Crippen molar-refractivity contribution in [3.63, 3.8) is 0 Å². The highest BCUT2D eigenvalue weighted by Gasteiger charge is 2.18. The first-order valence-electron chi connectivity index (χ1n) is 6.03. The number of nitrogens with one attached hydrogen (secondary N) is 1. The van der Waals surface area contributed by atoms with Gasteiger partial charge >= 0.3 is 0 Å². The van der Waals surface area contributed by atoms with Crippen LogP contribution in [0.3, 0.4) is 0 Å². The Kier molecular flexibility index (Phi) is 4.82. The number of carbonyl (C=O) groups excluding carboxylic acids is 3. The van der Waals surface area contributed by atoms with Crippen LogP contribution in [0.1, 0.15) is 34.6 Å². The number of hydrogen-bond donors (Lipinski definition) is 4. The second-order valence-corrected chi connectivity index (χ2v) is 4.79. The summed E-state index contributed by atoms with van der Waals surface area (Å²) >= 11 is 0. The molecule has 0 heterocycles. The molecule has 0 saturated heterocycles. The molecule has 0 aliphatic heterocycles. The minimum Gasteiger partial charge on any atom is -0.366 e. The van der Waals surface area contributed by atoms with Crippen molar-refractivity contribution >= 4 is 23.4 Å². The van der Waals surface area contributed by atoms with Gasteiger partial charge in [-0.3, -0.25) is 14.4 Å². The van der Waals surface area contributed by atoms with E-state index < -0.39 is 23.8 Å². The van der Waals surface area contributed by atoms with Crippen LogP contribution in [0.5, 0.6) is 0 Å². The zero-order valence-corrected chi connectivity index (χ0v) is 11.3. The number of nitrogens with two attached hydrogens (primary N) is 3. The van der Waals surface area contributed by atoms with Gasteiger partial charge in [-0.05, 0) is 24.1 Å². The molecule has 0 aliphatic rings. The largest absolute Gasteiger partial charge is 0.366 e. The molecule has 1 aromatic rings. The zero-order valence-electron chi connectivity index (χ0n) is 11.3. The first kappa shape index (κ1) is 15.6. The lowest BCUT2D eigenvalue weighted by Crippen LogP contribution is -2.39. The van der Waals surface area contributed by atoms with Crippen molar-refractivity contribution in [2.75, 3.05) is 5.32 Å². The highest BCUT2D eigenvalue weighted by molar-refractivity contribution is 6.02. The van der Waals surface area contributed by atoms with Gasteiger partial charge in [0, 0.05) is 16.8 Å².